The number of hydrogen-bond donors (Lipinski definition) is 1. The maximum atomic E-state index is 6.16. The zero-order valence-corrected chi connectivity index (χ0v) is 11.8. The van der Waals surface area contributed by atoms with E-state index in [2.05, 4.69) is 25.1 Å². The van der Waals surface area contributed by atoms with Gasteiger partial charge < -0.3 is 10.5 Å². The SMILES string of the molecule is CC[C@@H](N)c1ccccc1OCC1CC2CCC1C2. The molecule has 2 fully saturated rings. The smallest absolute Gasteiger partial charge is 0.124 e. The van der Waals surface area contributed by atoms with E-state index in [4.69, 9.17) is 10.5 Å². The summed E-state index contributed by atoms with van der Waals surface area (Å²) in [6.45, 7) is 3.01. The Hall–Kier alpha value is -1.02. The van der Waals surface area contributed by atoms with Crippen molar-refractivity contribution in [1.29, 1.82) is 0 Å². The van der Waals surface area contributed by atoms with Crippen LogP contribution in [0.2, 0.25) is 0 Å². The molecule has 0 aliphatic heterocycles. The Balaban J connectivity index is 1.63. The van der Waals surface area contributed by atoms with Crippen molar-refractivity contribution in [2.24, 2.45) is 23.5 Å². The van der Waals surface area contributed by atoms with E-state index in [1.807, 2.05) is 6.07 Å². The third-order valence-electron chi connectivity index (χ3n) is 5.10. The van der Waals surface area contributed by atoms with Crippen molar-refractivity contribution in [3.8, 4) is 5.75 Å². The molecule has 0 aromatic heterocycles. The first kappa shape index (κ1) is 13.0. The van der Waals surface area contributed by atoms with Crippen molar-refractivity contribution < 1.29 is 4.74 Å². The van der Waals surface area contributed by atoms with Gasteiger partial charge in [-0.05, 0) is 49.5 Å². The van der Waals surface area contributed by atoms with Crippen LogP contribution in [0.15, 0.2) is 24.3 Å². The van der Waals surface area contributed by atoms with Crippen LogP contribution in [0.25, 0.3) is 0 Å². The van der Waals surface area contributed by atoms with Gasteiger partial charge in [-0.2, -0.15) is 0 Å². The molecule has 0 spiro atoms. The summed E-state index contributed by atoms with van der Waals surface area (Å²) >= 11 is 0. The first-order valence-corrected chi connectivity index (χ1v) is 7.75. The van der Waals surface area contributed by atoms with Gasteiger partial charge in [0.05, 0.1) is 6.61 Å². The fraction of sp³-hybridized carbons (Fsp3) is 0.647. The van der Waals surface area contributed by atoms with E-state index in [-0.39, 0.29) is 6.04 Å². The molecule has 4 atom stereocenters. The largest absolute Gasteiger partial charge is 0.493 e. The monoisotopic (exact) mass is 259 g/mol. The zero-order chi connectivity index (χ0) is 13.2. The normalized spacial score (nSPS) is 30.5. The van der Waals surface area contributed by atoms with Crippen molar-refractivity contribution in [3.63, 3.8) is 0 Å². The molecule has 104 valence electrons. The van der Waals surface area contributed by atoms with Crippen LogP contribution in [-0.4, -0.2) is 6.61 Å². The standard InChI is InChI=1S/C17H25NO/c1-2-16(18)15-5-3-4-6-17(15)19-11-14-10-12-7-8-13(14)9-12/h3-6,12-14,16H,2,7-11,18H2,1H3/t12?,13?,14?,16-/m1/s1. The molecule has 2 saturated carbocycles. The molecule has 2 aliphatic carbocycles. The Morgan fingerprint density at radius 1 is 1.26 bits per heavy atom. The van der Waals surface area contributed by atoms with Crippen LogP contribution in [0.3, 0.4) is 0 Å². The van der Waals surface area contributed by atoms with Gasteiger partial charge in [0, 0.05) is 11.6 Å². The van der Waals surface area contributed by atoms with Gasteiger partial charge >= 0.3 is 0 Å². The minimum absolute atomic E-state index is 0.0937. The summed E-state index contributed by atoms with van der Waals surface area (Å²) in [5.74, 6) is 3.70. The Bertz CT molecular complexity index is 431. The molecular formula is C17H25NO. The first-order valence-electron chi connectivity index (χ1n) is 7.75. The summed E-state index contributed by atoms with van der Waals surface area (Å²) in [7, 11) is 0. The van der Waals surface area contributed by atoms with Crippen molar-refractivity contribution in [2.75, 3.05) is 6.61 Å². The lowest BCUT2D eigenvalue weighted by atomic mass is 9.89. The molecule has 2 aliphatic rings. The minimum Gasteiger partial charge on any atom is -0.493 e. The molecule has 19 heavy (non-hydrogen) atoms. The van der Waals surface area contributed by atoms with Crippen molar-refractivity contribution in [3.05, 3.63) is 29.8 Å². The number of hydrogen-bond acceptors (Lipinski definition) is 2. The van der Waals surface area contributed by atoms with Crippen LogP contribution in [0, 0.1) is 17.8 Å². The van der Waals surface area contributed by atoms with Gasteiger partial charge in [0.1, 0.15) is 5.75 Å². The molecule has 0 amide bonds. The molecule has 2 bridgehead atoms. The van der Waals surface area contributed by atoms with E-state index in [1.54, 1.807) is 0 Å². The quantitative estimate of drug-likeness (QED) is 0.870. The van der Waals surface area contributed by atoms with Gasteiger partial charge in [-0.25, -0.2) is 0 Å². The number of benzene rings is 1. The van der Waals surface area contributed by atoms with Crippen molar-refractivity contribution in [2.45, 2.75) is 45.1 Å². The predicted molar refractivity (Wildman–Crippen MR) is 78.1 cm³/mol. The van der Waals surface area contributed by atoms with E-state index in [9.17, 15) is 0 Å². The number of rotatable bonds is 5. The second kappa shape index (κ2) is 5.54. The highest BCUT2D eigenvalue weighted by atomic mass is 16.5. The Kier molecular flexibility index (Phi) is 3.79. The van der Waals surface area contributed by atoms with Gasteiger partial charge in [-0.15, -0.1) is 0 Å². The summed E-state index contributed by atoms with van der Waals surface area (Å²) in [5.41, 5.74) is 7.32. The summed E-state index contributed by atoms with van der Waals surface area (Å²) in [6.07, 6.45) is 6.67. The van der Waals surface area contributed by atoms with Gasteiger partial charge in [-0.1, -0.05) is 31.5 Å². The third-order valence-corrected chi connectivity index (χ3v) is 5.10. The molecular weight excluding hydrogens is 234 g/mol. The third kappa shape index (κ3) is 2.64. The fourth-order valence-corrected chi connectivity index (χ4v) is 3.92. The Morgan fingerprint density at radius 2 is 2.11 bits per heavy atom. The first-order chi connectivity index (χ1) is 9.28. The lowest BCUT2D eigenvalue weighted by Crippen LogP contribution is -2.19. The molecule has 0 saturated heterocycles. The molecule has 2 heteroatoms. The van der Waals surface area contributed by atoms with Gasteiger partial charge in [0.15, 0.2) is 0 Å². The number of para-hydroxylation sites is 1. The van der Waals surface area contributed by atoms with Crippen LogP contribution < -0.4 is 10.5 Å². The Morgan fingerprint density at radius 3 is 2.79 bits per heavy atom. The van der Waals surface area contributed by atoms with E-state index in [0.29, 0.717) is 0 Å². The average Bonchev–Trinajstić information content (AvgIpc) is 3.07. The molecule has 0 radical (unpaired) electrons. The molecule has 1 aromatic rings. The van der Waals surface area contributed by atoms with Crippen LogP contribution in [0.1, 0.15) is 50.6 Å². The second-order valence-electron chi connectivity index (χ2n) is 6.30. The zero-order valence-electron chi connectivity index (χ0n) is 11.8. The van der Waals surface area contributed by atoms with E-state index in [1.165, 1.54) is 25.7 Å². The highest BCUT2D eigenvalue weighted by Gasteiger charge is 2.39. The molecule has 0 heterocycles. The predicted octanol–water partition coefficient (Wildman–Crippen LogP) is 3.91. The molecule has 3 unspecified atom stereocenters. The minimum atomic E-state index is 0.0937. The Labute approximate surface area is 116 Å². The summed E-state index contributed by atoms with van der Waals surface area (Å²) < 4.78 is 6.12. The highest BCUT2D eigenvalue weighted by molar-refractivity contribution is 5.35. The maximum Gasteiger partial charge on any atom is 0.124 e. The van der Waals surface area contributed by atoms with Crippen LogP contribution >= 0.6 is 0 Å². The summed E-state index contributed by atoms with van der Waals surface area (Å²) in [4.78, 5) is 0. The van der Waals surface area contributed by atoms with Crippen LogP contribution in [-0.2, 0) is 0 Å². The number of nitrogens with two attached hydrogens (primary N) is 1. The fourth-order valence-electron chi connectivity index (χ4n) is 3.92. The molecule has 3 rings (SSSR count). The number of fused-ring (bicyclic) bond motifs is 2. The van der Waals surface area contributed by atoms with Crippen LogP contribution in [0.5, 0.6) is 5.75 Å². The van der Waals surface area contributed by atoms with E-state index < -0.39 is 0 Å². The van der Waals surface area contributed by atoms with Gasteiger partial charge in [0.2, 0.25) is 0 Å². The summed E-state index contributed by atoms with van der Waals surface area (Å²) in [5, 5.41) is 0. The molecule has 2 N–H and O–H groups in total. The maximum absolute atomic E-state index is 6.16. The average molecular weight is 259 g/mol. The second-order valence-corrected chi connectivity index (χ2v) is 6.30. The lowest BCUT2D eigenvalue weighted by molar-refractivity contribution is 0.193. The van der Waals surface area contributed by atoms with Gasteiger partial charge in [-0.3, -0.25) is 0 Å². The van der Waals surface area contributed by atoms with E-state index >= 15 is 0 Å². The molecule has 2 nitrogen and oxygen atoms in total. The van der Waals surface area contributed by atoms with E-state index in [0.717, 1.165) is 42.1 Å². The molecule has 1 aromatic carbocycles. The van der Waals surface area contributed by atoms with Crippen molar-refractivity contribution in [1.82, 2.24) is 0 Å². The van der Waals surface area contributed by atoms with Gasteiger partial charge in [0.25, 0.3) is 0 Å². The highest BCUT2D eigenvalue weighted by Crippen LogP contribution is 2.48. The topological polar surface area (TPSA) is 35.2 Å². The van der Waals surface area contributed by atoms with Crippen LogP contribution in [0.4, 0.5) is 0 Å². The lowest BCUT2D eigenvalue weighted by Gasteiger charge is -2.23. The summed E-state index contributed by atoms with van der Waals surface area (Å²) in [6, 6.07) is 8.36. The number of ether oxygens (including phenoxy) is 1. The van der Waals surface area contributed by atoms with Crippen molar-refractivity contribution >= 4 is 0 Å².